The molecule has 0 radical (unpaired) electrons. The van der Waals surface area contributed by atoms with Gasteiger partial charge in [0.25, 0.3) is 0 Å². The third kappa shape index (κ3) is 2.02. The molecule has 2 N–H and O–H groups in total. The molecule has 1 rings (SSSR count). The Morgan fingerprint density at radius 1 is 1.54 bits per heavy atom. The Hall–Kier alpha value is -0.570. The molecule has 0 aliphatic heterocycles. The van der Waals surface area contributed by atoms with Crippen molar-refractivity contribution in [2.75, 3.05) is 13.6 Å². The molecule has 1 fully saturated rings. The number of nitrogens with zero attached hydrogens (tertiary/aromatic N) is 1. The van der Waals surface area contributed by atoms with Gasteiger partial charge in [0.05, 0.1) is 5.41 Å². The zero-order valence-corrected chi connectivity index (χ0v) is 8.84. The van der Waals surface area contributed by atoms with Crippen molar-refractivity contribution in [1.29, 1.82) is 0 Å². The zero-order chi connectivity index (χ0) is 10.1. The van der Waals surface area contributed by atoms with Crippen molar-refractivity contribution in [2.24, 2.45) is 11.1 Å². The van der Waals surface area contributed by atoms with E-state index in [-0.39, 0.29) is 5.91 Å². The summed E-state index contributed by atoms with van der Waals surface area (Å²) in [5.41, 5.74) is 5.16. The minimum absolute atomic E-state index is 0.180. The van der Waals surface area contributed by atoms with Gasteiger partial charge in [0.15, 0.2) is 0 Å². The van der Waals surface area contributed by atoms with Crippen LogP contribution in [0.15, 0.2) is 0 Å². The second-order valence-corrected chi connectivity index (χ2v) is 4.59. The molecular weight excluding hydrogens is 164 g/mol. The largest absolute Gasteiger partial charge is 0.342 e. The average molecular weight is 184 g/mol. The lowest BCUT2D eigenvalue weighted by Gasteiger charge is -2.38. The lowest BCUT2D eigenvalue weighted by molar-refractivity contribution is -0.142. The molecule has 3 heteroatoms. The van der Waals surface area contributed by atoms with Gasteiger partial charge in [-0.3, -0.25) is 4.79 Å². The smallest absolute Gasteiger partial charge is 0.229 e. The van der Waals surface area contributed by atoms with Crippen LogP contribution in [-0.2, 0) is 4.79 Å². The molecule has 0 aromatic heterocycles. The fourth-order valence-electron chi connectivity index (χ4n) is 1.50. The van der Waals surface area contributed by atoms with E-state index in [0.717, 1.165) is 12.8 Å². The normalized spacial score (nSPS) is 18.2. The van der Waals surface area contributed by atoms with Crippen LogP contribution in [0, 0.1) is 5.41 Å². The van der Waals surface area contributed by atoms with Gasteiger partial charge in [0.2, 0.25) is 5.91 Å². The molecule has 0 saturated heterocycles. The highest BCUT2D eigenvalue weighted by Gasteiger charge is 2.34. The van der Waals surface area contributed by atoms with Gasteiger partial charge in [-0.2, -0.15) is 0 Å². The first-order valence-corrected chi connectivity index (χ1v) is 4.96. The third-order valence-corrected chi connectivity index (χ3v) is 3.03. The van der Waals surface area contributed by atoms with Gasteiger partial charge >= 0.3 is 0 Å². The molecule has 0 unspecified atom stereocenters. The Balaban J connectivity index is 2.55. The van der Waals surface area contributed by atoms with E-state index >= 15 is 0 Å². The van der Waals surface area contributed by atoms with Crippen LogP contribution in [0.5, 0.6) is 0 Å². The quantitative estimate of drug-likeness (QED) is 0.710. The molecule has 0 aromatic rings. The van der Waals surface area contributed by atoms with Crippen LogP contribution < -0.4 is 5.73 Å². The molecule has 76 valence electrons. The van der Waals surface area contributed by atoms with Gasteiger partial charge in [-0.15, -0.1) is 0 Å². The summed E-state index contributed by atoms with van der Waals surface area (Å²) in [5.74, 6) is 0.180. The van der Waals surface area contributed by atoms with E-state index in [4.69, 9.17) is 5.73 Å². The number of hydrogen-bond donors (Lipinski definition) is 1. The number of hydrogen-bond acceptors (Lipinski definition) is 2. The van der Waals surface area contributed by atoms with Crippen molar-refractivity contribution in [3.05, 3.63) is 0 Å². The molecule has 3 nitrogen and oxygen atoms in total. The van der Waals surface area contributed by atoms with Crippen LogP contribution in [0.4, 0.5) is 0 Å². The monoisotopic (exact) mass is 184 g/mol. The van der Waals surface area contributed by atoms with Crippen LogP contribution >= 0.6 is 0 Å². The van der Waals surface area contributed by atoms with Gasteiger partial charge in [-0.1, -0.05) is 0 Å². The standard InChI is InChI=1S/C10H20N2O/c1-10(2,7-11)9(13)12(3)8-5-4-6-8/h8H,4-7,11H2,1-3H3. The minimum atomic E-state index is -0.398. The Bertz CT molecular complexity index is 197. The first-order valence-electron chi connectivity index (χ1n) is 4.96. The summed E-state index contributed by atoms with van der Waals surface area (Å²) in [6.45, 7) is 4.23. The molecule has 1 saturated carbocycles. The maximum atomic E-state index is 11.9. The lowest BCUT2D eigenvalue weighted by Crippen LogP contribution is -2.49. The lowest BCUT2D eigenvalue weighted by atomic mass is 9.87. The summed E-state index contributed by atoms with van der Waals surface area (Å²) < 4.78 is 0. The van der Waals surface area contributed by atoms with Crippen LogP contribution in [0.1, 0.15) is 33.1 Å². The van der Waals surface area contributed by atoms with Crippen molar-refractivity contribution in [2.45, 2.75) is 39.2 Å². The Kier molecular flexibility index (Phi) is 2.96. The molecule has 1 aliphatic carbocycles. The van der Waals surface area contributed by atoms with Gasteiger partial charge in [0.1, 0.15) is 0 Å². The van der Waals surface area contributed by atoms with E-state index in [1.54, 1.807) is 0 Å². The van der Waals surface area contributed by atoms with Crippen molar-refractivity contribution < 1.29 is 4.79 Å². The fourth-order valence-corrected chi connectivity index (χ4v) is 1.50. The van der Waals surface area contributed by atoms with Crippen LogP contribution in [-0.4, -0.2) is 30.4 Å². The summed E-state index contributed by atoms with van der Waals surface area (Å²) in [6, 6.07) is 0.471. The Morgan fingerprint density at radius 3 is 2.38 bits per heavy atom. The van der Waals surface area contributed by atoms with E-state index < -0.39 is 5.41 Å². The molecule has 0 bridgehead atoms. The predicted octanol–water partition coefficient (Wildman–Crippen LogP) is 0.982. The molecule has 0 spiro atoms. The molecular formula is C10H20N2O. The molecule has 0 aromatic carbocycles. The van der Waals surface area contributed by atoms with Crippen molar-refractivity contribution in [1.82, 2.24) is 4.90 Å². The highest BCUT2D eigenvalue weighted by Crippen LogP contribution is 2.27. The first kappa shape index (κ1) is 10.5. The van der Waals surface area contributed by atoms with E-state index in [1.165, 1.54) is 6.42 Å². The molecule has 13 heavy (non-hydrogen) atoms. The molecule has 1 amide bonds. The average Bonchev–Trinajstić information content (AvgIpc) is 1.99. The third-order valence-electron chi connectivity index (χ3n) is 3.03. The van der Waals surface area contributed by atoms with Crippen LogP contribution in [0.25, 0.3) is 0 Å². The Labute approximate surface area is 80.3 Å². The topological polar surface area (TPSA) is 46.3 Å². The summed E-state index contributed by atoms with van der Waals surface area (Å²) in [7, 11) is 1.89. The highest BCUT2D eigenvalue weighted by atomic mass is 16.2. The van der Waals surface area contributed by atoms with Crippen molar-refractivity contribution in [3.8, 4) is 0 Å². The summed E-state index contributed by atoms with van der Waals surface area (Å²) in [6.07, 6.45) is 3.57. The molecule has 0 heterocycles. The Morgan fingerprint density at radius 2 is 2.08 bits per heavy atom. The maximum absolute atomic E-state index is 11.9. The van der Waals surface area contributed by atoms with E-state index in [0.29, 0.717) is 12.6 Å². The van der Waals surface area contributed by atoms with Crippen molar-refractivity contribution >= 4 is 5.91 Å². The summed E-state index contributed by atoms with van der Waals surface area (Å²) in [4.78, 5) is 13.7. The van der Waals surface area contributed by atoms with E-state index in [1.807, 2.05) is 25.8 Å². The number of carbonyl (C=O) groups is 1. The number of nitrogens with two attached hydrogens (primary N) is 1. The molecule has 0 atom stereocenters. The highest BCUT2D eigenvalue weighted by molar-refractivity contribution is 5.82. The molecule has 1 aliphatic rings. The van der Waals surface area contributed by atoms with E-state index in [9.17, 15) is 4.79 Å². The van der Waals surface area contributed by atoms with Crippen LogP contribution in [0.2, 0.25) is 0 Å². The van der Waals surface area contributed by atoms with Gasteiger partial charge in [-0.05, 0) is 33.1 Å². The number of amides is 1. The minimum Gasteiger partial charge on any atom is -0.342 e. The number of carbonyl (C=O) groups excluding carboxylic acids is 1. The van der Waals surface area contributed by atoms with Gasteiger partial charge < -0.3 is 10.6 Å². The first-order chi connectivity index (χ1) is 5.99. The van der Waals surface area contributed by atoms with E-state index in [2.05, 4.69) is 0 Å². The van der Waals surface area contributed by atoms with Gasteiger partial charge in [-0.25, -0.2) is 0 Å². The second kappa shape index (κ2) is 3.66. The number of rotatable bonds is 3. The maximum Gasteiger partial charge on any atom is 0.229 e. The van der Waals surface area contributed by atoms with Crippen molar-refractivity contribution in [3.63, 3.8) is 0 Å². The predicted molar refractivity (Wildman–Crippen MR) is 53.2 cm³/mol. The SMILES string of the molecule is CN(C(=O)C(C)(C)CN)C1CCC1. The summed E-state index contributed by atoms with van der Waals surface area (Å²) >= 11 is 0. The fraction of sp³-hybridized carbons (Fsp3) is 0.900. The second-order valence-electron chi connectivity index (χ2n) is 4.59. The van der Waals surface area contributed by atoms with Crippen LogP contribution in [0.3, 0.4) is 0 Å². The zero-order valence-electron chi connectivity index (χ0n) is 8.84. The summed E-state index contributed by atoms with van der Waals surface area (Å²) in [5, 5.41) is 0. The van der Waals surface area contributed by atoms with Gasteiger partial charge in [0, 0.05) is 19.6 Å².